The molecule has 68 heavy (non-hydrogen) atoms. The van der Waals surface area contributed by atoms with Crippen LogP contribution in [0.3, 0.4) is 0 Å². The number of fused-ring (bicyclic) bond motifs is 3. The summed E-state index contributed by atoms with van der Waals surface area (Å²) in [5.74, 6) is 7.92. The third kappa shape index (κ3) is 11.6. The van der Waals surface area contributed by atoms with Crippen molar-refractivity contribution in [2.24, 2.45) is 0 Å². The van der Waals surface area contributed by atoms with Crippen LogP contribution in [0.15, 0.2) is 65.3 Å². The normalized spacial score (nSPS) is 28.0. The van der Waals surface area contributed by atoms with Gasteiger partial charge in [0.05, 0.1) is 49.3 Å². The summed E-state index contributed by atoms with van der Waals surface area (Å²) in [4.78, 5) is 49.7. The highest BCUT2D eigenvalue weighted by Crippen LogP contribution is 2.46. The Morgan fingerprint density at radius 3 is 2.62 bits per heavy atom. The minimum Gasteiger partial charge on any atom is -0.508 e. The van der Waals surface area contributed by atoms with Gasteiger partial charge in [-0.2, -0.15) is 4.39 Å². The van der Waals surface area contributed by atoms with Crippen molar-refractivity contribution >= 4 is 80.8 Å². The number of alkyl carbamates (subject to hydrolysis) is 1. The van der Waals surface area contributed by atoms with Gasteiger partial charge in [-0.05, 0) is 84.5 Å². The number of allylic oxidation sites excluding steroid dienone is 3. The fourth-order valence-corrected chi connectivity index (χ4v) is 10.5. The van der Waals surface area contributed by atoms with Gasteiger partial charge < -0.3 is 54.0 Å². The van der Waals surface area contributed by atoms with Gasteiger partial charge in [-0.25, -0.2) is 4.79 Å². The number of H-pyrrole nitrogens is 1. The molecule has 16 nitrogen and oxygen atoms in total. The number of pyridine rings is 1. The minimum atomic E-state index is -2.10. The Morgan fingerprint density at radius 2 is 1.96 bits per heavy atom. The molecule has 1 aliphatic carbocycles. The second kappa shape index (κ2) is 22.6. The van der Waals surface area contributed by atoms with Crippen LogP contribution in [0.5, 0.6) is 5.75 Å². The number of aromatic nitrogens is 2. The Bertz CT molecular complexity index is 2760. The summed E-state index contributed by atoms with van der Waals surface area (Å²) >= 11 is 12.1. The van der Waals surface area contributed by atoms with Gasteiger partial charge in [-0.3, -0.25) is 19.9 Å². The number of thioether (sulfide) groups is 1. The molecule has 0 bridgehead atoms. The fourth-order valence-electron chi connectivity index (χ4n) is 8.55. The number of nitrogens with zero attached hydrogens (tertiary/aromatic N) is 1. The second-order valence-corrected chi connectivity index (χ2v) is 24.9. The van der Waals surface area contributed by atoms with E-state index in [0.717, 1.165) is 24.9 Å². The molecule has 1 aromatic carbocycles. The summed E-state index contributed by atoms with van der Waals surface area (Å²) in [6.45, 7) is 7.10. The lowest BCUT2D eigenvalue weighted by Crippen LogP contribution is -2.68. The lowest BCUT2D eigenvalue weighted by Gasteiger charge is -2.51. The molecule has 6 rings (SSSR count). The third-order valence-electron chi connectivity index (χ3n) is 11.7. The maximum atomic E-state index is 15.3. The van der Waals surface area contributed by atoms with Gasteiger partial charge in [0, 0.05) is 65.9 Å². The Hall–Kier alpha value is -4.33. The molecular formula is C47H55FN4O12S4. The van der Waals surface area contributed by atoms with E-state index in [1.807, 2.05) is 13.8 Å². The molecule has 6 N–H and O–H groups in total. The van der Waals surface area contributed by atoms with Crippen molar-refractivity contribution < 1.29 is 62.5 Å². The highest BCUT2D eigenvalue weighted by Gasteiger charge is 2.61. The molecule has 3 aromatic rings. The first-order valence-electron chi connectivity index (χ1n) is 21.5. The number of nitrogens with one attached hydrogen (secondary N) is 3. The van der Waals surface area contributed by atoms with Crippen LogP contribution in [0.2, 0.25) is 0 Å². The highest BCUT2D eigenvalue weighted by atomic mass is 33.1. The fraction of sp³-hybridized carbons (Fsp3) is 0.489. The van der Waals surface area contributed by atoms with Gasteiger partial charge in [0.15, 0.2) is 24.2 Å². The average molecular weight is 1020 g/mol. The predicted octanol–water partition coefficient (Wildman–Crippen LogP) is 4.17. The molecule has 10 atom stereocenters. The van der Waals surface area contributed by atoms with E-state index in [1.54, 1.807) is 50.8 Å². The number of carbonyl (C=O) groups is 3. The van der Waals surface area contributed by atoms with E-state index in [2.05, 4.69) is 44.3 Å². The number of phenolic OH excluding ortho intramolecular Hbond substituents is 1. The Balaban J connectivity index is 1.53. The first-order valence-corrected chi connectivity index (χ1v) is 26.8. The lowest BCUT2D eigenvalue weighted by molar-refractivity contribution is -0.323. The van der Waals surface area contributed by atoms with Crippen LogP contribution in [0.25, 0.3) is 21.8 Å². The van der Waals surface area contributed by atoms with Gasteiger partial charge in [0.1, 0.15) is 34.5 Å². The Labute approximate surface area is 407 Å². The van der Waals surface area contributed by atoms with Crippen molar-refractivity contribution in [3.63, 3.8) is 0 Å². The summed E-state index contributed by atoms with van der Waals surface area (Å²) in [5, 5.41) is 41.9. The van der Waals surface area contributed by atoms with Crippen LogP contribution in [0, 0.1) is 23.7 Å². The molecule has 2 aromatic heterocycles. The van der Waals surface area contributed by atoms with Gasteiger partial charge in [0.2, 0.25) is 5.78 Å². The zero-order valence-corrected chi connectivity index (χ0v) is 41.9. The summed E-state index contributed by atoms with van der Waals surface area (Å²) in [7, 11) is 0.551. The number of phenols is 1. The van der Waals surface area contributed by atoms with E-state index in [0.29, 0.717) is 21.8 Å². The van der Waals surface area contributed by atoms with E-state index < -0.39 is 91.0 Å². The largest absolute Gasteiger partial charge is 0.508 e. The molecule has 4 heterocycles. The number of aliphatic hydroxyl groups excluding tert-OH is 2. The summed E-state index contributed by atoms with van der Waals surface area (Å²) in [6, 6.07) is 6.30. The number of Topliss-reactive ketones (excluding diaryl/α,β-unsaturated/α-hetero) is 2. The number of methoxy groups -OCH3 is 2. The zero-order chi connectivity index (χ0) is 49.7. The number of hydrogen-bond acceptors (Lipinski definition) is 17. The molecule has 0 saturated carbocycles. The average Bonchev–Trinajstić information content (AvgIpc) is 3.65. The lowest BCUT2D eigenvalue weighted by atomic mass is 9.82. The number of aliphatic hydroxyl groups is 2. The molecule has 2 aliphatic heterocycles. The molecule has 0 radical (unpaired) electrons. The number of hydrogen-bond donors (Lipinski definition) is 6. The maximum Gasteiger partial charge on any atom is 0.411 e. The topological polar surface area (TPSA) is 220 Å². The summed E-state index contributed by atoms with van der Waals surface area (Å²) in [5.41, 5.74) is 0.494. The van der Waals surface area contributed by atoms with E-state index >= 15 is 4.79 Å². The van der Waals surface area contributed by atoms with Crippen molar-refractivity contribution in [2.75, 3.05) is 39.1 Å². The second-order valence-electron chi connectivity index (χ2n) is 16.6. The molecule has 1 amide bonds. The Kier molecular flexibility index (Phi) is 17.6. The van der Waals surface area contributed by atoms with Crippen molar-refractivity contribution in [2.45, 2.75) is 107 Å². The number of ether oxygens (including phenoxy) is 6. The third-order valence-corrected chi connectivity index (χ3v) is 14.7. The quantitative estimate of drug-likeness (QED) is 0.0986. The van der Waals surface area contributed by atoms with Gasteiger partial charge in [-0.15, -0.1) is 11.8 Å². The predicted molar refractivity (Wildman–Crippen MR) is 263 cm³/mol. The molecule has 0 spiro atoms. The van der Waals surface area contributed by atoms with E-state index in [-0.39, 0.29) is 59.2 Å². The highest BCUT2D eigenvalue weighted by molar-refractivity contribution is 8.56. The number of aromatic hydroxyl groups is 1. The number of benzene rings is 1. The zero-order valence-electron chi connectivity index (χ0n) is 38.6. The number of amides is 1. The van der Waals surface area contributed by atoms with Crippen molar-refractivity contribution in [3.05, 3.63) is 71.0 Å². The van der Waals surface area contributed by atoms with Crippen molar-refractivity contribution in [1.82, 2.24) is 20.6 Å². The molecule has 2 fully saturated rings. The van der Waals surface area contributed by atoms with Gasteiger partial charge in [0.25, 0.3) is 0 Å². The standard InChI is InChI=1S/C47H55FN4O12S4/c1-9-11-26(48)12-10-13-35(38-29(17-19-68(8,65)66)33(54)21-34(55)40(38)52-46(58)60-6)63-45-42(64-37-22-36(59-5)32(23-61-37)50-24(2)3)44(57)47(67-7,25(4)62-45)43(56)41-39-28(16-18-49-41)30-20-27(53)14-15-31(30)51-39/h12,14-18,20,24-25,32-33,35-37,42,44-45,50-51,53-54,57H,19,21-23H2,1-8H3,(H,52,58)/b26-12+,29-17-/t25?,32?,33-,35-,36?,37?,42?,44?,45?,47?/m0/s1. The van der Waals surface area contributed by atoms with Gasteiger partial charge >= 0.3 is 6.09 Å². The number of aromatic amines is 1. The minimum absolute atomic E-state index is 0.0178. The molecule has 21 heteroatoms. The van der Waals surface area contributed by atoms with Crippen LogP contribution >= 0.6 is 11.8 Å². The number of rotatable bonds is 14. The van der Waals surface area contributed by atoms with Crippen LogP contribution in [-0.4, -0.2) is 148 Å². The van der Waals surface area contributed by atoms with Crippen LogP contribution in [-0.2, 0) is 62.7 Å². The van der Waals surface area contributed by atoms with E-state index in [1.165, 1.54) is 19.2 Å². The SMILES string of the molecule is CC#C/C(F)=C\C#C[C@H](OC1OC(C)C(SC)(C(=O)c2nccc3c2[nH]c2ccc(O)cc23)C(O)C1OC1CC(OC)C(NC(C)C)CO1)C1=C(NC(=O)OC)C(=O)C[C@H](O)/C1=C/CS(C)(=S)=S. The van der Waals surface area contributed by atoms with Gasteiger partial charge in [-0.1, -0.05) is 44.8 Å². The molecular weight excluding hydrogens is 960 g/mol. The first-order chi connectivity index (χ1) is 32.3. The molecule has 366 valence electrons. The molecule has 2 saturated heterocycles. The monoisotopic (exact) mass is 1010 g/mol. The van der Waals surface area contributed by atoms with Crippen LogP contribution in [0.1, 0.15) is 51.0 Å². The summed E-state index contributed by atoms with van der Waals surface area (Å²) in [6.07, 6.45) is -5.13. The molecule has 8 unspecified atom stereocenters. The van der Waals surface area contributed by atoms with Crippen molar-refractivity contribution in [1.29, 1.82) is 0 Å². The molecule has 3 aliphatic rings. The number of carbonyl (C=O) groups excluding carboxylic acids is 3. The van der Waals surface area contributed by atoms with E-state index in [4.69, 9.17) is 50.8 Å². The number of ketones is 2. The Morgan fingerprint density at radius 1 is 1.21 bits per heavy atom. The summed E-state index contributed by atoms with van der Waals surface area (Å²) < 4.78 is 49.9. The first kappa shape index (κ1) is 53.0. The van der Waals surface area contributed by atoms with E-state index in [9.17, 15) is 29.3 Å². The van der Waals surface area contributed by atoms with Crippen LogP contribution < -0.4 is 10.6 Å². The van der Waals surface area contributed by atoms with Crippen LogP contribution in [0.4, 0.5) is 9.18 Å². The smallest absolute Gasteiger partial charge is 0.411 e. The maximum absolute atomic E-state index is 15.3. The van der Waals surface area contributed by atoms with Crippen molar-refractivity contribution in [3.8, 4) is 29.4 Å². The number of halogens is 1.